The summed E-state index contributed by atoms with van der Waals surface area (Å²) in [5.74, 6) is -0.241. The maximum Gasteiger partial charge on any atom is 0.218 e. The molecule has 0 heterocycles. The smallest absolute Gasteiger partial charge is 0.218 e. The maximum absolute atomic E-state index is 10.6. The Balaban J connectivity index is 2.70. The minimum atomic E-state index is -0.298. The molecule has 0 radical (unpaired) electrons. The summed E-state index contributed by atoms with van der Waals surface area (Å²) in [7, 11) is 0. The number of carbonyl (C=O) groups is 1. The summed E-state index contributed by atoms with van der Waals surface area (Å²) in [6, 6.07) is 0. The standard InChI is InChI=1S/C9H10BrNO/c1-6-7(5-9(11)12)3-2-4-8(6)10/h2-4,7H,1,5H2,(H2,11,12). The number of rotatable bonds is 2. The van der Waals surface area contributed by atoms with E-state index in [1.165, 1.54) is 0 Å². The molecule has 12 heavy (non-hydrogen) atoms. The zero-order valence-corrected chi connectivity index (χ0v) is 8.17. The van der Waals surface area contributed by atoms with E-state index in [4.69, 9.17) is 5.73 Å². The van der Waals surface area contributed by atoms with E-state index in [0.29, 0.717) is 6.42 Å². The number of nitrogens with two attached hydrogens (primary N) is 1. The first kappa shape index (κ1) is 9.26. The Hall–Kier alpha value is -0.830. The Morgan fingerprint density at radius 2 is 2.42 bits per heavy atom. The van der Waals surface area contributed by atoms with Crippen molar-refractivity contribution in [3.63, 3.8) is 0 Å². The van der Waals surface area contributed by atoms with E-state index in [1.54, 1.807) is 0 Å². The molecule has 0 bridgehead atoms. The number of primary amides is 1. The van der Waals surface area contributed by atoms with Crippen molar-refractivity contribution in [3.8, 4) is 0 Å². The Bertz CT molecular complexity index is 278. The maximum atomic E-state index is 10.6. The third kappa shape index (κ3) is 2.08. The highest BCUT2D eigenvalue weighted by Gasteiger charge is 2.16. The summed E-state index contributed by atoms with van der Waals surface area (Å²) in [6.45, 7) is 3.86. The van der Waals surface area contributed by atoms with E-state index in [2.05, 4.69) is 22.5 Å². The van der Waals surface area contributed by atoms with Gasteiger partial charge < -0.3 is 5.73 Å². The van der Waals surface area contributed by atoms with Crippen LogP contribution in [0.1, 0.15) is 6.42 Å². The van der Waals surface area contributed by atoms with Crippen molar-refractivity contribution in [1.82, 2.24) is 0 Å². The summed E-state index contributed by atoms with van der Waals surface area (Å²) in [5, 5.41) is 0. The molecule has 0 saturated heterocycles. The minimum Gasteiger partial charge on any atom is -0.370 e. The van der Waals surface area contributed by atoms with Crippen molar-refractivity contribution in [1.29, 1.82) is 0 Å². The molecule has 0 aromatic rings. The van der Waals surface area contributed by atoms with E-state index < -0.39 is 0 Å². The third-order valence-electron chi connectivity index (χ3n) is 1.76. The van der Waals surface area contributed by atoms with Crippen molar-refractivity contribution in [3.05, 3.63) is 34.9 Å². The lowest BCUT2D eigenvalue weighted by Gasteiger charge is -2.16. The SMILES string of the molecule is C=C1C(Br)=CC=CC1CC(N)=O. The normalized spacial score (nSPS) is 22.2. The summed E-state index contributed by atoms with van der Waals surface area (Å²) in [4.78, 5) is 10.6. The van der Waals surface area contributed by atoms with Crippen molar-refractivity contribution in [2.45, 2.75) is 6.42 Å². The molecule has 1 amide bonds. The van der Waals surface area contributed by atoms with Gasteiger partial charge in [-0.2, -0.15) is 0 Å². The van der Waals surface area contributed by atoms with Gasteiger partial charge in [-0.1, -0.05) is 34.7 Å². The molecule has 1 aliphatic carbocycles. The number of hydrogen-bond donors (Lipinski definition) is 1. The fraction of sp³-hybridized carbons (Fsp3) is 0.222. The van der Waals surface area contributed by atoms with Crippen LogP contribution in [0.25, 0.3) is 0 Å². The van der Waals surface area contributed by atoms with Crippen molar-refractivity contribution in [2.24, 2.45) is 11.7 Å². The molecule has 0 aromatic carbocycles. The van der Waals surface area contributed by atoms with E-state index in [0.717, 1.165) is 10.1 Å². The second-order valence-electron chi connectivity index (χ2n) is 2.70. The van der Waals surface area contributed by atoms with Gasteiger partial charge in [0.2, 0.25) is 5.91 Å². The molecular weight excluding hydrogens is 218 g/mol. The molecule has 1 rings (SSSR count). The molecule has 0 spiro atoms. The summed E-state index contributed by atoms with van der Waals surface area (Å²) < 4.78 is 0.941. The van der Waals surface area contributed by atoms with Crippen molar-refractivity contribution in [2.75, 3.05) is 0 Å². The van der Waals surface area contributed by atoms with Crippen LogP contribution < -0.4 is 5.73 Å². The van der Waals surface area contributed by atoms with Crippen LogP contribution >= 0.6 is 15.9 Å². The lowest BCUT2D eigenvalue weighted by Crippen LogP contribution is -2.17. The topological polar surface area (TPSA) is 43.1 Å². The van der Waals surface area contributed by atoms with Crippen molar-refractivity contribution < 1.29 is 4.79 Å². The largest absolute Gasteiger partial charge is 0.370 e. The van der Waals surface area contributed by atoms with Crippen LogP contribution in [0.4, 0.5) is 0 Å². The van der Waals surface area contributed by atoms with Crippen LogP contribution in [0.5, 0.6) is 0 Å². The molecule has 3 heteroatoms. The van der Waals surface area contributed by atoms with Gasteiger partial charge in [-0.05, 0) is 11.6 Å². The molecule has 2 N–H and O–H groups in total. The fourth-order valence-electron chi connectivity index (χ4n) is 1.08. The van der Waals surface area contributed by atoms with Gasteiger partial charge in [0.05, 0.1) is 0 Å². The summed E-state index contributed by atoms with van der Waals surface area (Å²) in [5.41, 5.74) is 6.00. The van der Waals surface area contributed by atoms with Gasteiger partial charge in [0.25, 0.3) is 0 Å². The molecule has 1 atom stereocenters. The molecule has 0 saturated carbocycles. The van der Waals surface area contributed by atoms with Crippen LogP contribution in [0, 0.1) is 5.92 Å². The van der Waals surface area contributed by atoms with E-state index in [1.807, 2.05) is 18.2 Å². The zero-order chi connectivity index (χ0) is 9.14. The predicted octanol–water partition coefficient (Wildman–Crippen LogP) is 1.88. The van der Waals surface area contributed by atoms with Crippen LogP contribution in [-0.2, 0) is 4.79 Å². The number of hydrogen-bond acceptors (Lipinski definition) is 1. The number of allylic oxidation sites excluding steroid dienone is 5. The second kappa shape index (κ2) is 3.72. The molecule has 0 aromatic heterocycles. The monoisotopic (exact) mass is 227 g/mol. The average molecular weight is 228 g/mol. The Morgan fingerprint density at radius 1 is 1.75 bits per heavy atom. The van der Waals surface area contributed by atoms with Gasteiger partial charge in [-0.25, -0.2) is 0 Å². The minimum absolute atomic E-state index is 0.0573. The molecule has 0 fully saturated rings. The van der Waals surface area contributed by atoms with Crippen LogP contribution in [0.15, 0.2) is 34.9 Å². The van der Waals surface area contributed by atoms with E-state index in [9.17, 15) is 4.79 Å². The highest BCUT2D eigenvalue weighted by Crippen LogP contribution is 2.29. The molecule has 2 nitrogen and oxygen atoms in total. The van der Waals surface area contributed by atoms with Gasteiger partial charge in [0.15, 0.2) is 0 Å². The van der Waals surface area contributed by atoms with Gasteiger partial charge in [-0.15, -0.1) is 0 Å². The van der Waals surface area contributed by atoms with Crippen LogP contribution in [0.2, 0.25) is 0 Å². The Labute approximate surface area is 80.0 Å². The second-order valence-corrected chi connectivity index (χ2v) is 3.56. The van der Waals surface area contributed by atoms with Crippen LogP contribution in [-0.4, -0.2) is 5.91 Å². The Morgan fingerprint density at radius 3 is 3.00 bits per heavy atom. The number of carbonyl (C=O) groups excluding carboxylic acids is 1. The van der Waals surface area contributed by atoms with Gasteiger partial charge >= 0.3 is 0 Å². The average Bonchev–Trinajstić information content (AvgIpc) is 1.98. The highest BCUT2D eigenvalue weighted by molar-refractivity contribution is 9.12. The van der Waals surface area contributed by atoms with Gasteiger partial charge in [0, 0.05) is 16.8 Å². The molecule has 64 valence electrons. The predicted molar refractivity (Wildman–Crippen MR) is 52.6 cm³/mol. The first-order chi connectivity index (χ1) is 5.61. The summed E-state index contributed by atoms with van der Waals surface area (Å²) in [6.07, 6.45) is 6.06. The zero-order valence-electron chi connectivity index (χ0n) is 6.59. The molecule has 1 unspecified atom stereocenters. The van der Waals surface area contributed by atoms with Crippen molar-refractivity contribution >= 4 is 21.8 Å². The molecule has 1 aliphatic rings. The summed E-state index contributed by atoms with van der Waals surface area (Å²) >= 11 is 3.34. The number of amides is 1. The lowest BCUT2D eigenvalue weighted by molar-refractivity contribution is -0.118. The van der Waals surface area contributed by atoms with Crippen LogP contribution in [0.3, 0.4) is 0 Å². The quantitative estimate of drug-likeness (QED) is 0.770. The van der Waals surface area contributed by atoms with E-state index in [-0.39, 0.29) is 11.8 Å². The lowest BCUT2D eigenvalue weighted by atomic mass is 9.93. The molecule has 0 aliphatic heterocycles. The third-order valence-corrected chi connectivity index (χ3v) is 2.54. The van der Waals surface area contributed by atoms with E-state index >= 15 is 0 Å². The highest BCUT2D eigenvalue weighted by atomic mass is 79.9. The molecular formula is C9H10BrNO. The number of halogens is 1. The Kier molecular flexibility index (Phi) is 2.87. The van der Waals surface area contributed by atoms with Gasteiger partial charge in [0.1, 0.15) is 0 Å². The first-order valence-corrected chi connectivity index (χ1v) is 4.42. The van der Waals surface area contributed by atoms with Gasteiger partial charge in [-0.3, -0.25) is 4.79 Å². The first-order valence-electron chi connectivity index (χ1n) is 3.62. The fourth-order valence-corrected chi connectivity index (χ4v) is 1.53.